The minimum atomic E-state index is -0.220. The highest BCUT2D eigenvalue weighted by Crippen LogP contribution is 2.21. The van der Waals surface area contributed by atoms with E-state index in [1.165, 1.54) is 18.3 Å². The summed E-state index contributed by atoms with van der Waals surface area (Å²) in [6.07, 6.45) is 0.274. The highest BCUT2D eigenvalue weighted by atomic mass is 32.1. The number of amides is 2. The third-order valence-electron chi connectivity index (χ3n) is 1.93. The minimum Gasteiger partial charge on any atom is -0.359 e. The summed E-state index contributed by atoms with van der Waals surface area (Å²) in [5.74, 6) is -0.209. The lowest BCUT2D eigenvalue weighted by Crippen LogP contribution is -2.30. The van der Waals surface area contributed by atoms with Gasteiger partial charge in [0.05, 0.1) is 12.5 Å². The zero-order valence-electron chi connectivity index (χ0n) is 8.74. The summed E-state index contributed by atoms with van der Waals surface area (Å²) in [6, 6.07) is 3.59. The molecule has 5 heteroatoms. The van der Waals surface area contributed by atoms with Gasteiger partial charge in [-0.05, 0) is 11.4 Å². The van der Waals surface area contributed by atoms with E-state index in [-0.39, 0.29) is 24.3 Å². The predicted octanol–water partition coefficient (Wildman–Crippen LogP) is 1.06. The molecule has 0 spiro atoms. The first-order chi connectivity index (χ1) is 7.13. The van der Waals surface area contributed by atoms with Crippen LogP contribution in [0.5, 0.6) is 0 Å². The zero-order chi connectivity index (χ0) is 11.3. The van der Waals surface area contributed by atoms with Gasteiger partial charge in [0.25, 0.3) is 0 Å². The van der Waals surface area contributed by atoms with Crippen LogP contribution < -0.4 is 10.6 Å². The van der Waals surface area contributed by atoms with E-state index >= 15 is 0 Å². The van der Waals surface area contributed by atoms with Gasteiger partial charge in [0, 0.05) is 18.8 Å². The number of carbonyl (C=O) groups excluding carboxylic acids is 2. The van der Waals surface area contributed by atoms with E-state index in [1.807, 2.05) is 17.5 Å². The van der Waals surface area contributed by atoms with Crippen LogP contribution >= 0.6 is 11.3 Å². The van der Waals surface area contributed by atoms with Crippen molar-refractivity contribution < 1.29 is 9.59 Å². The summed E-state index contributed by atoms with van der Waals surface area (Å²) in [7, 11) is 1.58. The highest BCUT2D eigenvalue weighted by Gasteiger charge is 2.16. The van der Waals surface area contributed by atoms with Crippen molar-refractivity contribution in [3.63, 3.8) is 0 Å². The van der Waals surface area contributed by atoms with Crippen LogP contribution in [0.15, 0.2) is 17.5 Å². The average Bonchev–Trinajstić information content (AvgIpc) is 2.68. The monoisotopic (exact) mass is 226 g/mol. The number of rotatable bonds is 4. The molecule has 0 saturated carbocycles. The molecule has 0 fully saturated rings. The molecular weight excluding hydrogens is 212 g/mol. The van der Waals surface area contributed by atoms with Gasteiger partial charge in [0.2, 0.25) is 11.8 Å². The Balaban J connectivity index is 2.70. The highest BCUT2D eigenvalue weighted by molar-refractivity contribution is 7.10. The second-order valence-corrected chi connectivity index (χ2v) is 4.13. The first-order valence-electron chi connectivity index (χ1n) is 4.64. The van der Waals surface area contributed by atoms with E-state index in [4.69, 9.17) is 0 Å². The lowest BCUT2D eigenvalue weighted by Gasteiger charge is -2.15. The van der Waals surface area contributed by atoms with Crippen molar-refractivity contribution in [2.45, 2.75) is 19.4 Å². The van der Waals surface area contributed by atoms with Crippen molar-refractivity contribution in [2.75, 3.05) is 7.05 Å². The summed E-state index contributed by atoms with van der Waals surface area (Å²) in [5.41, 5.74) is 0. The Kier molecular flexibility index (Phi) is 4.30. The maximum absolute atomic E-state index is 11.2. The molecule has 0 radical (unpaired) electrons. The summed E-state index contributed by atoms with van der Waals surface area (Å²) >= 11 is 1.53. The molecule has 82 valence electrons. The number of nitrogens with one attached hydrogen (secondary N) is 2. The van der Waals surface area contributed by atoms with Crippen LogP contribution in [0.25, 0.3) is 0 Å². The molecule has 0 aliphatic carbocycles. The van der Waals surface area contributed by atoms with Gasteiger partial charge in [-0.15, -0.1) is 11.3 Å². The summed E-state index contributed by atoms with van der Waals surface area (Å²) in [4.78, 5) is 23.2. The van der Waals surface area contributed by atoms with Gasteiger partial charge in [0.1, 0.15) is 0 Å². The van der Waals surface area contributed by atoms with Gasteiger partial charge in [-0.2, -0.15) is 0 Å². The Morgan fingerprint density at radius 3 is 2.73 bits per heavy atom. The Bertz CT molecular complexity index is 335. The lowest BCUT2D eigenvalue weighted by molar-refractivity contribution is -0.122. The van der Waals surface area contributed by atoms with Crippen molar-refractivity contribution >= 4 is 23.2 Å². The summed E-state index contributed by atoms with van der Waals surface area (Å²) in [5, 5.41) is 7.23. The molecule has 2 amide bonds. The largest absolute Gasteiger partial charge is 0.359 e. The van der Waals surface area contributed by atoms with Crippen molar-refractivity contribution in [1.82, 2.24) is 10.6 Å². The fourth-order valence-electron chi connectivity index (χ4n) is 1.25. The molecule has 0 aliphatic rings. The van der Waals surface area contributed by atoms with Crippen LogP contribution in [0.3, 0.4) is 0 Å². The maximum atomic E-state index is 11.2. The second-order valence-electron chi connectivity index (χ2n) is 3.15. The SMILES string of the molecule is CNC(=O)C[C@@H](NC(C)=O)c1cccs1. The van der Waals surface area contributed by atoms with Crippen molar-refractivity contribution in [1.29, 1.82) is 0 Å². The third kappa shape index (κ3) is 3.71. The molecule has 1 heterocycles. The van der Waals surface area contributed by atoms with Crippen LogP contribution in [-0.4, -0.2) is 18.9 Å². The zero-order valence-corrected chi connectivity index (χ0v) is 9.56. The molecule has 0 unspecified atom stereocenters. The van der Waals surface area contributed by atoms with E-state index in [0.717, 1.165) is 4.88 Å². The van der Waals surface area contributed by atoms with Crippen LogP contribution in [0.2, 0.25) is 0 Å². The van der Waals surface area contributed by atoms with Gasteiger partial charge in [-0.25, -0.2) is 0 Å². The van der Waals surface area contributed by atoms with Gasteiger partial charge in [-0.3, -0.25) is 9.59 Å². The quantitative estimate of drug-likeness (QED) is 0.806. The molecular formula is C10H14N2O2S. The van der Waals surface area contributed by atoms with Crippen LogP contribution in [0.4, 0.5) is 0 Å². The van der Waals surface area contributed by atoms with Gasteiger partial charge in [-0.1, -0.05) is 6.07 Å². The maximum Gasteiger partial charge on any atom is 0.222 e. The Labute approximate surface area is 92.7 Å². The van der Waals surface area contributed by atoms with Crippen LogP contribution in [0.1, 0.15) is 24.3 Å². The Hall–Kier alpha value is -1.36. The van der Waals surface area contributed by atoms with Crippen molar-refractivity contribution in [3.8, 4) is 0 Å². The number of thiophene rings is 1. The summed E-state index contributed by atoms with van der Waals surface area (Å²) in [6.45, 7) is 1.45. The number of carbonyl (C=O) groups is 2. The predicted molar refractivity (Wildman–Crippen MR) is 59.6 cm³/mol. The molecule has 15 heavy (non-hydrogen) atoms. The molecule has 0 bridgehead atoms. The molecule has 0 aromatic carbocycles. The fourth-order valence-corrected chi connectivity index (χ4v) is 2.02. The van der Waals surface area contributed by atoms with Crippen molar-refractivity contribution in [3.05, 3.63) is 22.4 Å². The summed E-state index contributed by atoms with van der Waals surface area (Å²) < 4.78 is 0. The van der Waals surface area contributed by atoms with Crippen LogP contribution in [0, 0.1) is 0 Å². The topological polar surface area (TPSA) is 58.2 Å². The molecule has 2 N–H and O–H groups in total. The number of hydrogen-bond donors (Lipinski definition) is 2. The Morgan fingerprint density at radius 1 is 1.53 bits per heavy atom. The van der Waals surface area contributed by atoms with E-state index in [2.05, 4.69) is 10.6 Å². The second kappa shape index (κ2) is 5.50. The molecule has 1 atom stereocenters. The van der Waals surface area contributed by atoms with Crippen LogP contribution in [-0.2, 0) is 9.59 Å². The minimum absolute atomic E-state index is 0.0813. The van der Waals surface area contributed by atoms with E-state index < -0.39 is 0 Å². The lowest BCUT2D eigenvalue weighted by atomic mass is 10.1. The molecule has 0 aliphatic heterocycles. The molecule has 1 aromatic rings. The van der Waals surface area contributed by atoms with E-state index in [9.17, 15) is 9.59 Å². The van der Waals surface area contributed by atoms with Gasteiger partial charge < -0.3 is 10.6 Å². The smallest absolute Gasteiger partial charge is 0.222 e. The molecule has 1 aromatic heterocycles. The first kappa shape index (κ1) is 11.7. The molecule has 0 saturated heterocycles. The first-order valence-corrected chi connectivity index (χ1v) is 5.52. The normalized spacial score (nSPS) is 11.9. The fraction of sp³-hybridized carbons (Fsp3) is 0.400. The molecule has 4 nitrogen and oxygen atoms in total. The van der Waals surface area contributed by atoms with E-state index in [1.54, 1.807) is 7.05 Å². The van der Waals surface area contributed by atoms with Crippen molar-refractivity contribution in [2.24, 2.45) is 0 Å². The number of hydrogen-bond acceptors (Lipinski definition) is 3. The standard InChI is InChI=1S/C10H14N2O2S/c1-7(13)12-8(6-10(14)11-2)9-4-3-5-15-9/h3-5,8H,6H2,1-2H3,(H,11,14)(H,12,13)/t8-/m1/s1. The van der Waals surface area contributed by atoms with Gasteiger partial charge >= 0.3 is 0 Å². The Morgan fingerprint density at radius 2 is 2.27 bits per heavy atom. The van der Waals surface area contributed by atoms with E-state index in [0.29, 0.717) is 0 Å². The molecule has 1 rings (SSSR count). The average molecular weight is 226 g/mol. The third-order valence-corrected chi connectivity index (χ3v) is 2.92. The van der Waals surface area contributed by atoms with Gasteiger partial charge in [0.15, 0.2) is 0 Å².